The van der Waals surface area contributed by atoms with Crippen LogP contribution in [0.25, 0.3) is 0 Å². The van der Waals surface area contributed by atoms with Gasteiger partial charge >= 0.3 is 0 Å². The van der Waals surface area contributed by atoms with Crippen molar-refractivity contribution in [1.29, 1.82) is 0 Å². The van der Waals surface area contributed by atoms with Crippen LogP contribution in [0.5, 0.6) is 0 Å². The van der Waals surface area contributed by atoms with Crippen LogP contribution in [0.15, 0.2) is 24.3 Å². The second kappa shape index (κ2) is 6.25. The van der Waals surface area contributed by atoms with Gasteiger partial charge in [0.25, 0.3) is 5.69 Å². The van der Waals surface area contributed by atoms with Crippen molar-refractivity contribution in [3.8, 4) is 0 Å². The fourth-order valence-electron chi connectivity index (χ4n) is 1.81. The molecule has 1 fully saturated rings. The first-order chi connectivity index (χ1) is 7.25. The van der Waals surface area contributed by atoms with Crippen molar-refractivity contribution in [2.75, 3.05) is 11.5 Å². The average Bonchev–Trinajstić information content (AvgIpc) is 2.71. The molecule has 88 valence electrons. The van der Waals surface area contributed by atoms with Crippen molar-refractivity contribution >= 4 is 16.6 Å². The van der Waals surface area contributed by atoms with E-state index in [4.69, 9.17) is 0 Å². The maximum atomic E-state index is 10.5. The second-order valence-electron chi connectivity index (χ2n) is 3.80. The van der Waals surface area contributed by atoms with Crippen molar-refractivity contribution < 1.29 is 21.9 Å². The Hall–Kier alpha value is -0.550. The smallest absolute Gasteiger partial charge is 0.269 e. The lowest BCUT2D eigenvalue weighted by Gasteiger charge is -2.00. The molecule has 1 aromatic rings. The molecule has 0 radical (unpaired) electrons. The Balaban J connectivity index is 0.00000128. The Morgan fingerprint density at radius 3 is 2.25 bits per heavy atom. The molecule has 2 rings (SSSR count). The highest BCUT2D eigenvalue weighted by Gasteiger charge is 2.24. The van der Waals surface area contributed by atoms with Crippen LogP contribution < -0.4 is 17.0 Å². The Labute approximate surface area is 109 Å². The number of hydrogen-bond donors (Lipinski definition) is 0. The molecule has 0 N–H and O–H groups in total. The molecule has 3 nitrogen and oxygen atoms in total. The molecule has 16 heavy (non-hydrogen) atoms. The van der Waals surface area contributed by atoms with Crippen LogP contribution in [-0.2, 0) is 16.6 Å². The van der Waals surface area contributed by atoms with E-state index in [-0.39, 0.29) is 27.6 Å². The lowest BCUT2D eigenvalue weighted by molar-refractivity contribution is -0.384. The highest BCUT2D eigenvalue weighted by molar-refractivity contribution is 7.96. The van der Waals surface area contributed by atoms with Crippen molar-refractivity contribution in [2.24, 2.45) is 0 Å². The zero-order valence-electron chi connectivity index (χ0n) is 8.89. The summed E-state index contributed by atoms with van der Waals surface area (Å²) in [5.74, 6) is 3.80. The molecular weight excluding hydrogens is 290 g/mol. The third-order valence-corrected chi connectivity index (χ3v) is 5.11. The number of benzene rings is 1. The lowest BCUT2D eigenvalue weighted by atomic mass is 10.2. The summed E-state index contributed by atoms with van der Waals surface area (Å²) < 4.78 is 0. The minimum absolute atomic E-state index is 0. The fraction of sp³-hybridized carbons (Fsp3) is 0.455. The van der Waals surface area contributed by atoms with Crippen LogP contribution in [-0.4, -0.2) is 16.4 Å². The molecule has 0 atom stereocenters. The number of nitrogens with zero attached hydrogens (tertiary/aromatic N) is 1. The average molecular weight is 304 g/mol. The van der Waals surface area contributed by atoms with Gasteiger partial charge in [0.05, 0.1) is 4.92 Å². The molecule has 0 amide bonds. The molecule has 0 unspecified atom stereocenters. The number of halogens is 1. The number of non-ortho nitro benzene ring substituents is 1. The zero-order chi connectivity index (χ0) is 10.7. The van der Waals surface area contributed by atoms with Crippen molar-refractivity contribution in [2.45, 2.75) is 18.6 Å². The van der Waals surface area contributed by atoms with Gasteiger partial charge in [-0.1, -0.05) is 0 Å². The van der Waals surface area contributed by atoms with Crippen LogP contribution >= 0.6 is 0 Å². The van der Waals surface area contributed by atoms with E-state index in [1.54, 1.807) is 12.1 Å². The minimum atomic E-state index is -0.346. The van der Waals surface area contributed by atoms with Gasteiger partial charge in [0.2, 0.25) is 0 Å². The van der Waals surface area contributed by atoms with Gasteiger partial charge in [0, 0.05) is 17.7 Å². The molecule has 1 aromatic carbocycles. The summed E-state index contributed by atoms with van der Waals surface area (Å²) in [6, 6.07) is 7.00. The standard InChI is InChI=1S/C11H14NO2S.BrH/c13-12(14)11-5-3-10(4-6-11)9-15-7-1-2-8-15;/h3-6H,1-2,7-9H2;1H/q+1;/p-1. The quantitative estimate of drug-likeness (QED) is 0.430. The maximum Gasteiger partial charge on any atom is 0.269 e. The molecule has 0 bridgehead atoms. The molecule has 0 aromatic heterocycles. The van der Waals surface area contributed by atoms with E-state index in [9.17, 15) is 10.1 Å². The normalized spacial score (nSPS) is 15.8. The number of hydrogen-bond acceptors (Lipinski definition) is 2. The van der Waals surface area contributed by atoms with E-state index in [2.05, 4.69) is 0 Å². The first-order valence-electron chi connectivity index (χ1n) is 5.13. The molecule has 5 heteroatoms. The first-order valence-corrected chi connectivity index (χ1v) is 6.86. The molecule has 1 heterocycles. The summed E-state index contributed by atoms with van der Waals surface area (Å²) in [5.41, 5.74) is 1.43. The summed E-state index contributed by atoms with van der Waals surface area (Å²) in [6.45, 7) is 0. The number of nitro benzene ring substituents is 1. The van der Waals surface area contributed by atoms with E-state index in [0.29, 0.717) is 10.9 Å². The van der Waals surface area contributed by atoms with E-state index >= 15 is 0 Å². The Kier molecular flexibility index (Phi) is 5.28. The SMILES string of the molecule is O=[N+]([O-])c1ccc(C[S+]2CCCC2)cc1.[Br-]. The van der Waals surface area contributed by atoms with Crippen molar-refractivity contribution in [1.82, 2.24) is 0 Å². The van der Waals surface area contributed by atoms with E-state index in [0.717, 1.165) is 5.75 Å². The van der Waals surface area contributed by atoms with Crippen LogP contribution in [0, 0.1) is 10.1 Å². The Morgan fingerprint density at radius 2 is 1.75 bits per heavy atom. The molecule has 0 aliphatic carbocycles. The van der Waals surface area contributed by atoms with Crippen LogP contribution in [0.4, 0.5) is 5.69 Å². The largest absolute Gasteiger partial charge is 1.00 e. The third-order valence-electron chi connectivity index (χ3n) is 2.63. The van der Waals surface area contributed by atoms with Crippen LogP contribution in [0.2, 0.25) is 0 Å². The number of rotatable bonds is 3. The van der Waals surface area contributed by atoms with E-state index in [1.807, 2.05) is 12.1 Å². The summed E-state index contributed by atoms with van der Waals surface area (Å²) >= 11 is 0. The van der Waals surface area contributed by atoms with Gasteiger partial charge in [-0.25, -0.2) is 0 Å². The highest BCUT2D eigenvalue weighted by Crippen LogP contribution is 2.20. The minimum Gasteiger partial charge on any atom is -1.00 e. The Bertz CT molecular complexity index is 350. The maximum absolute atomic E-state index is 10.5. The van der Waals surface area contributed by atoms with Crippen molar-refractivity contribution in [3.63, 3.8) is 0 Å². The van der Waals surface area contributed by atoms with Gasteiger partial charge in [-0.3, -0.25) is 10.1 Å². The summed E-state index contributed by atoms with van der Waals surface area (Å²) in [4.78, 5) is 10.1. The van der Waals surface area contributed by atoms with Gasteiger partial charge in [0.15, 0.2) is 0 Å². The monoisotopic (exact) mass is 303 g/mol. The summed E-state index contributed by atoms with van der Waals surface area (Å²) in [6.07, 6.45) is 2.71. The molecule has 1 saturated heterocycles. The van der Waals surface area contributed by atoms with E-state index in [1.165, 1.54) is 29.9 Å². The van der Waals surface area contributed by atoms with Crippen LogP contribution in [0.3, 0.4) is 0 Å². The second-order valence-corrected chi connectivity index (χ2v) is 6.13. The molecule has 0 spiro atoms. The predicted octanol–water partition coefficient (Wildman–Crippen LogP) is -0.489. The lowest BCUT2D eigenvalue weighted by Crippen LogP contribution is -3.00. The highest BCUT2D eigenvalue weighted by atomic mass is 79.9. The molecule has 0 saturated carbocycles. The topological polar surface area (TPSA) is 43.1 Å². The summed E-state index contributed by atoms with van der Waals surface area (Å²) in [7, 11) is 0.535. The van der Waals surface area contributed by atoms with E-state index < -0.39 is 0 Å². The van der Waals surface area contributed by atoms with Gasteiger partial charge in [-0.15, -0.1) is 0 Å². The molecule has 1 aliphatic rings. The summed E-state index contributed by atoms with van der Waals surface area (Å²) in [5, 5.41) is 10.5. The van der Waals surface area contributed by atoms with Gasteiger partial charge < -0.3 is 17.0 Å². The first kappa shape index (κ1) is 13.5. The predicted molar refractivity (Wildman–Crippen MR) is 63.1 cm³/mol. The Morgan fingerprint density at radius 1 is 1.19 bits per heavy atom. The van der Waals surface area contributed by atoms with Crippen LogP contribution in [0.1, 0.15) is 18.4 Å². The van der Waals surface area contributed by atoms with Gasteiger partial charge in [-0.2, -0.15) is 0 Å². The van der Waals surface area contributed by atoms with Gasteiger partial charge in [0.1, 0.15) is 17.3 Å². The molecular formula is C11H14BrNO2S. The molecule has 1 aliphatic heterocycles. The van der Waals surface area contributed by atoms with Gasteiger partial charge in [-0.05, 0) is 35.9 Å². The van der Waals surface area contributed by atoms with Crippen molar-refractivity contribution in [3.05, 3.63) is 39.9 Å². The zero-order valence-corrected chi connectivity index (χ0v) is 11.3. The number of nitro groups is 1. The third kappa shape index (κ3) is 3.49. The fourth-order valence-corrected chi connectivity index (χ4v) is 4.19.